The molecular weight excluding hydrogens is 398 g/mol. The predicted octanol–water partition coefficient (Wildman–Crippen LogP) is 1.86. The summed E-state index contributed by atoms with van der Waals surface area (Å²) < 4.78 is 10.9. The number of anilines is 2. The molecule has 2 saturated heterocycles. The topological polar surface area (TPSA) is 99.8 Å². The molecule has 2 aliphatic heterocycles. The van der Waals surface area contributed by atoms with Crippen LogP contribution in [0.3, 0.4) is 0 Å². The number of H-pyrrole nitrogens is 1. The number of carbonyl (C=O) groups excluding carboxylic acids is 2. The molecule has 0 spiro atoms. The molecule has 3 heterocycles. The van der Waals surface area contributed by atoms with Crippen molar-refractivity contribution >= 4 is 23.5 Å². The van der Waals surface area contributed by atoms with Gasteiger partial charge in [-0.05, 0) is 37.0 Å². The second-order valence-electron chi connectivity index (χ2n) is 8.25. The minimum Gasteiger partial charge on any atom is -0.442 e. The average Bonchev–Trinajstić information content (AvgIpc) is 3.31. The number of nitrogens with zero attached hydrogens (tertiary/aromatic N) is 3. The van der Waals surface area contributed by atoms with E-state index in [0.717, 1.165) is 68.3 Å². The molecule has 1 atom stereocenters. The van der Waals surface area contributed by atoms with Gasteiger partial charge in [0.15, 0.2) is 5.82 Å². The Hall–Kier alpha value is -3.07. The van der Waals surface area contributed by atoms with Crippen molar-refractivity contribution < 1.29 is 19.1 Å². The van der Waals surface area contributed by atoms with Gasteiger partial charge in [-0.1, -0.05) is 6.07 Å². The molecule has 1 aromatic carbocycles. The van der Waals surface area contributed by atoms with E-state index >= 15 is 0 Å². The summed E-state index contributed by atoms with van der Waals surface area (Å²) in [7, 11) is 0. The number of ether oxygens (including phenoxy) is 2. The number of hydrogen-bond acceptors (Lipinski definition) is 6. The van der Waals surface area contributed by atoms with Crippen LogP contribution in [0.4, 0.5) is 16.3 Å². The van der Waals surface area contributed by atoms with Crippen LogP contribution in [-0.2, 0) is 27.1 Å². The van der Waals surface area contributed by atoms with Crippen LogP contribution in [0.5, 0.6) is 0 Å². The Labute approximate surface area is 180 Å². The molecule has 5 rings (SSSR count). The van der Waals surface area contributed by atoms with Crippen molar-refractivity contribution in [2.24, 2.45) is 0 Å². The van der Waals surface area contributed by atoms with Crippen LogP contribution >= 0.6 is 0 Å². The number of aromatic nitrogens is 2. The lowest BCUT2D eigenvalue weighted by molar-refractivity contribution is -0.119. The number of nitrogens with one attached hydrogen (secondary N) is 2. The number of aryl methyl sites for hydroxylation is 1. The van der Waals surface area contributed by atoms with Crippen LogP contribution in [0.25, 0.3) is 11.3 Å². The quantitative estimate of drug-likeness (QED) is 0.776. The molecule has 9 heteroatoms. The summed E-state index contributed by atoms with van der Waals surface area (Å²) in [5.74, 6) is 0.908. The fraction of sp³-hybridized carbons (Fsp3) is 0.500. The van der Waals surface area contributed by atoms with Crippen molar-refractivity contribution in [2.45, 2.75) is 32.3 Å². The SMILES string of the molecule is CC(=O)NCC1CN(c2ccc3c(c2)CCCc2c(N4CCOCC4)n[nH]c2-3)C(=O)O1. The molecular formula is C22H27N5O4. The second-order valence-corrected chi connectivity index (χ2v) is 8.25. The van der Waals surface area contributed by atoms with Gasteiger partial charge >= 0.3 is 6.09 Å². The van der Waals surface area contributed by atoms with E-state index < -0.39 is 0 Å². The molecule has 164 valence electrons. The van der Waals surface area contributed by atoms with Crippen LogP contribution in [0.1, 0.15) is 24.5 Å². The molecule has 9 nitrogen and oxygen atoms in total. The molecule has 1 aromatic heterocycles. The summed E-state index contributed by atoms with van der Waals surface area (Å²) in [6.07, 6.45) is 2.21. The average molecular weight is 425 g/mol. The highest BCUT2D eigenvalue weighted by molar-refractivity contribution is 5.90. The molecule has 2 fully saturated rings. The third-order valence-corrected chi connectivity index (χ3v) is 6.15. The van der Waals surface area contributed by atoms with Crippen molar-refractivity contribution in [3.05, 3.63) is 29.3 Å². The Morgan fingerprint density at radius 2 is 2.13 bits per heavy atom. The number of rotatable bonds is 4. The first-order valence-corrected chi connectivity index (χ1v) is 10.9. The minimum atomic E-state index is -0.374. The zero-order valence-corrected chi connectivity index (χ0v) is 17.6. The number of amides is 2. The van der Waals surface area contributed by atoms with Crippen LogP contribution in [-0.4, -0.2) is 67.7 Å². The van der Waals surface area contributed by atoms with E-state index in [-0.39, 0.29) is 18.1 Å². The predicted molar refractivity (Wildman–Crippen MR) is 115 cm³/mol. The molecule has 0 bridgehead atoms. The number of fused-ring (bicyclic) bond motifs is 3. The number of hydrogen-bond donors (Lipinski definition) is 2. The van der Waals surface area contributed by atoms with Gasteiger partial charge in [-0.15, -0.1) is 0 Å². The van der Waals surface area contributed by atoms with E-state index in [1.165, 1.54) is 18.1 Å². The Morgan fingerprint density at radius 3 is 2.94 bits per heavy atom. The van der Waals surface area contributed by atoms with Gasteiger partial charge < -0.3 is 19.7 Å². The Kier molecular flexibility index (Phi) is 5.27. The number of morpholine rings is 1. The first kappa shape index (κ1) is 19.9. The summed E-state index contributed by atoms with van der Waals surface area (Å²) in [5, 5.41) is 10.6. The molecule has 2 aromatic rings. The molecule has 1 aliphatic carbocycles. The lowest BCUT2D eigenvalue weighted by atomic mass is 10.0. The van der Waals surface area contributed by atoms with E-state index in [0.29, 0.717) is 13.1 Å². The smallest absolute Gasteiger partial charge is 0.414 e. The number of carbonyl (C=O) groups is 2. The lowest BCUT2D eigenvalue weighted by Gasteiger charge is -2.27. The zero-order valence-electron chi connectivity index (χ0n) is 17.6. The van der Waals surface area contributed by atoms with E-state index in [4.69, 9.17) is 9.47 Å². The largest absolute Gasteiger partial charge is 0.442 e. The molecule has 3 aliphatic rings. The maximum absolute atomic E-state index is 12.4. The van der Waals surface area contributed by atoms with E-state index in [2.05, 4.69) is 32.5 Å². The first-order valence-electron chi connectivity index (χ1n) is 10.9. The molecule has 1 unspecified atom stereocenters. The van der Waals surface area contributed by atoms with Crippen LogP contribution in [0.2, 0.25) is 0 Å². The highest BCUT2D eigenvalue weighted by Gasteiger charge is 2.33. The Bertz CT molecular complexity index is 998. The highest BCUT2D eigenvalue weighted by Crippen LogP contribution is 2.38. The van der Waals surface area contributed by atoms with Gasteiger partial charge in [0.2, 0.25) is 5.91 Å². The standard InChI is InChI=1S/C22H27N5O4/c1-14(28)23-12-17-13-27(22(29)31-17)16-5-6-18-15(11-16)3-2-4-19-20(18)24-25-21(19)26-7-9-30-10-8-26/h5-6,11,17H,2-4,7-10,12-13H2,1H3,(H,23,28)(H,24,25). The molecule has 0 saturated carbocycles. The summed E-state index contributed by atoms with van der Waals surface area (Å²) in [6, 6.07) is 6.12. The second kappa shape index (κ2) is 8.22. The van der Waals surface area contributed by atoms with Crippen LogP contribution in [0.15, 0.2) is 18.2 Å². The third-order valence-electron chi connectivity index (χ3n) is 6.15. The van der Waals surface area contributed by atoms with Gasteiger partial charge in [-0.3, -0.25) is 14.8 Å². The number of cyclic esters (lactones) is 1. The fourth-order valence-corrected chi connectivity index (χ4v) is 4.60. The van der Waals surface area contributed by atoms with Gasteiger partial charge in [0, 0.05) is 36.8 Å². The number of aromatic amines is 1. The van der Waals surface area contributed by atoms with E-state index in [9.17, 15) is 9.59 Å². The summed E-state index contributed by atoms with van der Waals surface area (Å²) in [6.45, 7) is 5.39. The van der Waals surface area contributed by atoms with Crippen LogP contribution in [0, 0.1) is 0 Å². The fourth-order valence-electron chi connectivity index (χ4n) is 4.60. The van der Waals surface area contributed by atoms with Gasteiger partial charge in [0.25, 0.3) is 0 Å². The third kappa shape index (κ3) is 3.85. The van der Waals surface area contributed by atoms with Crippen LogP contribution < -0.4 is 15.1 Å². The van der Waals surface area contributed by atoms with E-state index in [1.807, 2.05) is 6.07 Å². The van der Waals surface area contributed by atoms with Crippen molar-refractivity contribution in [3.63, 3.8) is 0 Å². The van der Waals surface area contributed by atoms with Gasteiger partial charge in [0.1, 0.15) is 6.10 Å². The molecule has 2 amide bonds. The molecule has 31 heavy (non-hydrogen) atoms. The highest BCUT2D eigenvalue weighted by atomic mass is 16.6. The van der Waals surface area contributed by atoms with Gasteiger partial charge in [-0.2, -0.15) is 5.10 Å². The van der Waals surface area contributed by atoms with Crippen molar-refractivity contribution in [1.29, 1.82) is 0 Å². The number of benzene rings is 1. The lowest BCUT2D eigenvalue weighted by Crippen LogP contribution is -2.37. The first-order chi connectivity index (χ1) is 15.1. The zero-order chi connectivity index (χ0) is 21.4. The monoisotopic (exact) mass is 425 g/mol. The van der Waals surface area contributed by atoms with Gasteiger partial charge in [-0.25, -0.2) is 4.79 Å². The molecule has 2 N–H and O–H groups in total. The maximum atomic E-state index is 12.4. The summed E-state index contributed by atoms with van der Waals surface area (Å²) >= 11 is 0. The molecule has 0 radical (unpaired) electrons. The van der Waals surface area contributed by atoms with Crippen molar-refractivity contribution in [1.82, 2.24) is 15.5 Å². The normalized spacial score (nSPS) is 20.7. The van der Waals surface area contributed by atoms with Crippen molar-refractivity contribution in [2.75, 3.05) is 49.2 Å². The minimum absolute atomic E-state index is 0.133. The Balaban J connectivity index is 1.39. The van der Waals surface area contributed by atoms with Gasteiger partial charge in [0.05, 0.1) is 32.0 Å². The maximum Gasteiger partial charge on any atom is 0.414 e. The Morgan fingerprint density at radius 1 is 1.29 bits per heavy atom. The summed E-state index contributed by atoms with van der Waals surface area (Å²) in [5.41, 5.74) is 5.51. The van der Waals surface area contributed by atoms with Crippen molar-refractivity contribution in [3.8, 4) is 11.3 Å². The van der Waals surface area contributed by atoms with E-state index in [1.54, 1.807) is 4.90 Å². The summed E-state index contributed by atoms with van der Waals surface area (Å²) in [4.78, 5) is 27.5.